The van der Waals surface area contributed by atoms with E-state index in [2.05, 4.69) is 26.8 Å². The molecule has 4 aliphatic carbocycles. The number of carboxylic acid groups (broad SMARTS) is 1. The first-order valence-electron chi connectivity index (χ1n) is 6.81. The smallest absolute Gasteiger partial charge is 0.314 e. The number of aliphatic carboxylic acids is 1. The summed E-state index contributed by atoms with van der Waals surface area (Å²) in [4.78, 5) is 11.8. The van der Waals surface area contributed by atoms with Crippen LogP contribution >= 0.6 is 0 Å². The third kappa shape index (κ3) is 1.01. The van der Waals surface area contributed by atoms with Crippen LogP contribution < -0.4 is 0 Å². The summed E-state index contributed by atoms with van der Waals surface area (Å²) in [7, 11) is 0. The van der Waals surface area contributed by atoms with Crippen LogP contribution in [0.3, 0.4) is 0 Å². The first-order valence-corrected chi connectivity index (χ1v) is 6.81. The fraction of sp³-hybridized carbons (Fsp3) is 0.800. The molecule has 0 amide bonds. The summed E-state index contributed by atoms with van der Waals surface area (Å²) in [6.07, 6.45) is 8.68. The van der Waals surface area contributed by atoms with Gasteiger partial charge < -0.3 is 5.11 Å². The number of fused-ring (bicyclic) bond motifs is 1. The van der Waals surface area contributed by atoms with Crippen molar-refractivity contribution in [2.24, 2.45) is 28.1 Å². The van der Waals surface area contributed by atoms with Gasteiger partial charge in [0.05, 0.1) is 5.41 Å². The van der Waals surface area contributed by atoms with Crippen molar-refractivity contribution in [2.45, 2.75) is 46.5 Å². The number of carboxylic acids is 1. The molecule has 0 aliphatic heterocycles. The second-order valence-electron chi connectivity index (χ2n) is 6.97. The minimum atomic E-state index is -0.619. The van der Waals surface area contributed by atoms with Crippen molar-refractivity contribution in [1.29, 1.82) is 0 Å². The Labute approximate surface area is 103 Å². The number of rotatable bonds is 1. The highest BCUT2D eigenvalue weighted by atomic mass is 16.4. The Hall–Kier alpha value is -0.790. The van der Waals surface area contributed by atoms with Gasteiger partial charge in [-0.25, -0.2) is 0 Å². The molecule has 4 aliphatic rings. The number of allylic oxidation sites excluding steroid dienone is 1. The summed E-state index contributed by atoms with van der Waals surface area (Å²) in [6, 6.07) is 0. The third-order valence-electron chi connectivity index (χ3n) is 6.49. The van der Waals surface area contributed by atoms with Crippen molar-refractivity contribution in [3.63, 3.8) is 0 Å². The van der Waals surface area contributed by atoms with E-state index in [0.717, 1.165) is 18.8 Å². The van der Waals surface area contributed by atoms with E-state index >= 15 is 0 Å². The maximum atomic E-state index is 11.8. The molecule has 1 spiro atoms. The number of hydrogen-bond donors (Lipinski definition) is 1. The Morgan fingerprint density at radius 1 is 1.24 bits per heavy atom. The second-order valence-corrected chi connectivity index (χ2v) is 6.97. The van der Waals surface area contributed by atoms with E-state index in [1.54, 1.807) is 0 Å². The Kier molecular flexibility index (Phi) is 1.97. The minimum Gasteiger partial charge on any atom is -0.481 e. The second kappa shape index (κ2) is 2.96. The lowest BCUT2D eigenvalue weighted by molar-refractivity contribution is -0.168. The summed E-state index contributed by atoms with van der Waals surface area (Å²) in [5.41, 5.74) is -0.402. The van der Waals surface area contributed by atoms with Crippen molar-refractivity contribution in [2.75, 3.05) is 0 Å². The van der Waals surface area contributed by atoms with Crippen LogP contribution in [0.1, 0.15) is 46.5 Å². The summed E-state index contributed by atoms with van der Waals surface area (Å²) >= 11 is 0. The molecule has 0 aromatic carbocycles. The lowest BCUT2D eigenvalue weighted by Gasteiger charge is -2.61. The summed E-state index contributed by atoms with van der Waals surface area (Å²) in [6.45, 7) is 6.71. The van der Waals surface area contributed by atoms with Crippen LogP contribution in [0.25, 0.3) is 0 Å². The van der Waals surface area contributed by atoms with E-state index in [1.807, 2.05) is 6.08 Å². The van der Waals surface area contributed by atoms with Crippen molar-refractivity contribution in [3.05, 3.63) is 12.2 Å². The zero-order chi connectivity index (χ0) is 12.5. The van der Waals surface area contributed by atoms with Crippen molar-refractivity contribution in [3.8, 4) is 0 Å². The van der Waals surface area contributed by atoms with E-state index in [9.17, 15) is 9.90 Å². The molecule has 2 bridgehead atoms. The van der Waals surface area contributed by atoms with Gasteiger partial charge in [-0.1, -0.05) is 32.9 Å². The van der Waals surface area contributed by atoms with Gasteiger partial charge >= 0.3 is 5.97 Å². The van der Waals surface area contributed by atoms with E-state index in [1.165, 1.54) is 12.8 Å². The Morgan fingerprint density at radius 2 is 1.94 bits per heavy atom. The predicted octanol–water partition coefficient (Wildman–Crippen LogP) is 3.48. The lowest BCUT2D eigenvalue weighted by Crippen LogP contribution is -2.58. The Balaban J connectivity index is 2.19. The highest BCUT2D eigenvalue weighted by molar-refractivity contribution is 5.79. The Morgan fingerprint density at radius 3 is 2.47 bits per heavy atom. The molecule has 0 aromatic heterocycles. The zero-order valence-corrected chi connectivity index (χ0v) is 11.0. The monoisotopic (exact) mass is 234 g/mol. The van der Waals surface area contributed by atoms with Crippen LogP contribution in [0, 0.1) is 28.1 Å². The highest BCUT2D eigenvalue weighted by Crippen LogP contribution is 2.71. The van der Waals surface area contributed by atoms with Gasteiger partial charge in [-0.05, 0) is 48.3 Å². The van der Waals surface area contributed by atoms with Gasteiger partial charge in [-0.2, -0.15) is 0 Å². The first kappa shape index (κ1) is 11.3. The third-order valence-corrected chi connectivity index (χ3v) is 6.49. The standard InChI is InChI=1S/C15H22O2/c1-10-4-5-11-13(2,3)15(12(16)17)8-6-14(10,11)7-9-15/h6,8,10-11H,4-5,7,9H2,1-3H3,(H,16,17)/t10-,11?,14+,15-/m0/s1. The van der Waals surface area contributed by atoms with E-state index in [0.29, 0.717) is 11.3 Å². The van der Waals surface area contributed by atoms with Crippen LogP contribution in [-0.4, -0.2) is 11.1 Å². The molecule has 1 unspecified atom stereocenters. The topological polar surface area (TPSA) is 37.3 Å². The van der Waals surface area contributed by atoms with Gasteiger partial charge in [0.15, 0.2) is 0 Å². The van der Waals surface area contributed by atoms with Crippen LogP contribution in [0.2, 0.25) is 0 Å². The molecule has 0 heterocycles. The normalized spacial score (nSPS) is 50.3. The molecule has 0 radical (unpaired) electrons. The lowest BCUT2D eigenvalue weighted by atomic mass is 9.42. The van der Waals surface area contributed by atoms with Crippen molar-refractivity contribution in [1.82, 2.24) is 0 Å². The molecule has 2 heteroatoms. The average Bonchev–Trinajstić information content (AvgIpc) is 2.59. The SMILES string of the molecule is C[C@H]1CCC2C(C)(C)[C@@]3(C(=O)O)C=C[C@]21CC3. The number of carbonyl (C=O) groups is 1. The molecular formula is C15H22O2. The minimum absolute atomic E-state index is 0.101. The highest BCUT2D eigenvalue weighted by Gasteiger charge is 2.67. The van der Waals surface area contributed by atoms with Crippen LogP contribution in [-0.2, 0) is 4.79 Å². The maximum absolute atomic E-state index is 11.8. The molecule has 2 nitrogen and oxygen atoms in total. The van der Waals surface area contributed by atoms with Gasteiger partial charge in [-0.15, -0.1) is 0 Å². The fourth-order valence-electron chi connectivity index (χ4n) is 5.21. The average molecular weight is 234 g/mol. The van der Waals surface area contributed by atoms with Crippen LogP contribution in [0.5, 0.6) is 0 Å². The summed E-state index contributed by atoms with van der Waals surface area (Å²) < 4.78 is 0. The molecule has 0 aromatic rings. The van der Waals surface area contributed by atoms with Crippen LogP contribution in [0.4, 0.5) is 0 Å². The van der Waals surface area contributed by atoms with Gasteiger partial charge in [0.25, 0.3) is 0 Å². The van der Waals surface area contributed by atoms with Gasteiger partial charge in [0.2, 0.25) is 0 Å². The molecule has 4 rings (SSSR count). The Bertz CT molecular complexity index is 409. The molecule has 4 atom stereocenters. The largest absolute Gasteiger partial charge is 0.481 e. The van der Waals surface area contributed by atoms with Gasteiger partial charge in [-0.3, -0.25) is 4.79 Å². The molecule has 1 N–H and O–H groups in total. The summed E-state index contributed by atoms with van der Waals surface area (Å²) in [5, 5.41) is 9.68. The fourth-order valence-corrected chi connectivity index (χ4v) is 5.21. The van der Waals surface area contributed by atoms with Gasteiger partial charge in [0, 0.05) is 0 Å². The van der Waals surface area contributed by atoms with E-state index in [4.69, 9.17) is 0 Å². The van der Waals surface area contributed by atoms with E-state index < -0.39 is 11.4 Å². The molecule has 2 fully saturated rings. The van der Waals surface area contributed by atoms with E-state index in [-0.39, 0.29) is 5.41 Å². The summed E-state index contributed by atoms with van der Waals surface area (Å²) in [5.74, 6) is 0.654. The number of hydrogen-bond acceptors (Lipinski definition) is 1. The molecule has 0 saturated heterocycles. The predicted molar refractivity (Wildman–Crippen MR) is 66.5 cm³/mol. The van der Waals surface area contributed by atoms with Gasteiger partial charge in [0.1, 0.15) is 0 Å². The molecular weight excluding hydrogens is 212 g/mol. The molecule has 2 saturated carbocycles. The van der Waals surface area contributed by atoms with Crippen LogP contribution in [0.15, 0.2) is 12.2 Å². The van der Waals surface area contributed by atoms with Crippen molar-refractivity contribution >= 4 is 5.97 Å². The van der Waals surface area contributed by atoms with Crippen molar-refractivity contribution < 1.29 is 9.90 Å². The first-order chi connectivity index (χ1) is 7.87. The zero-order valence-electron chi connectivity index (χ0n) is 11.0. The molecule has 94 valence electrons. The maximum Gasteiger partial charge on any atom is 0.314 e. The quantitative estimate of drug-likeness (QED) is 0.705. The molecule has 17 heavy (non-hydrogen) atoms.